The van der Waals surface area contributed by atoms with Gasteiger partial charge in [0.15, 0.2) is 5.96 Å². The molecule has 2 aromatic heterocycles. The first-order valence-corrected chi connectivity index (χ1v) is 8.22. The maximum Gasteiger partial charge on any atom is 0.191 e. The summed E-state index contributed by atoms with van der Waals surface area (Å²) in [7, 11) is 0. The standard InChI is InChI=1S/C17H26N6.HI/c1-4-6-9-20-17(18-5-2)22-13-15-7-8-16(21-12-15)23-11-10-19-14(23)3;/h7-8,10-12H,4-6,9,13H2,1-3H3,(H2,18,20,22);1H. The number of aliphatic imine (C=N–C) groups is 1. The third kappa shape index (κ3) is 6.10. The minimum absolute atomic E-state index is 0. The monoisotopic (exact) mass is 442 g/mol. The molecule has 0 bridgehead atoms. The molecule has 0 aliphatic rings. The van der Waals surface area contributed by atoms with Crippen LogP contribution in [-0.4, -0.2) is 33.6 Å². The van der Waals surface area contributed by atoms with Crippen molar-refractivity contribution in [3.63, 3.8) is 0 Å². The van der Waals surface area contributed by atoms with E-state index in [4.69, 9.17) is 0 Å². The largest absolute Gasteiger partial charge is 0.357 e. The minimum Gasteiger partial charge on any atom is -0.357 e. The van der Waals surface area contributed by atoms with Gasteiger partial charge in [-0.2, -0.15) is 0 Å². The van der Waals surface area contributed by atoms with E-state index in [1.165, 1.54) is 6.42 Å². The summed E-state index contributed by atoms with van der Waals surface area (Å²) in [6, 6.07) is 4.05. The van der Waals surface area contributed by atoms with Crippen LogP contribution < -0.4 is 10.6 Å². The van der Waals surface area contributed by atoms with Crippen molar-refractivity contribution < 1.29 is 0 Å². The highest BCUT2D eigenvalue weighted by Crippen LogP contribution is 2.08. The SMILES string of the molecule is CCCCNC(=NCc1ccc(-n2ccnc2C)nc1)NCC.I. The minimum atomic E-state index is 0. The zero-order valence-electron chi connectivity index (χ0n) is 14.6. The summed E-state index contributed by atoms with van der Waals surface area (Å²) in [6.45, 7) is 8.62. The Kier molecular flexibility index (Phi) is 9.36. The van der Waals surface area contributed by atoms with Gasteiger partial charge in [0.1, 0.15) is 11.6 Å². The molecule has 0 radical (unpaired) electrons. The first-order valence-electron chi connectivity index (χ1n) is 8.22. The van der Waals surface area contributed by atoms with Crippen molar-refractivity contribution in [3.8, 4) is 5.82 Å². The quantitative estimate of drug-likeness (QED) is 0.300. The summed E-state index contributed by atoms with van der Waals surface area (Å²) in [4.78, 5) is 13.3. The lowest BCUT2D eigenvalue weighted by atomic mass is 10.3. The summed E-state index contributed by atoms with van der Waals surface area (Å²) in [6.07, 6.45) is 7.88. The van der Waals surface area contributed by atoms with Gasteiger partial charge in [0.25, 0.3) is 0 Å². The lowest BCUT2D eigenvalue weighted by Gasteiger charge is -2.10. The van der Waals surface area contributed by atoms with Crippen LogP contribution in [-0.2, 0) is 6.54 Å². The maximum atomic E-state index is 4.60. The van der Waals surface area contributed by atoms with E-state index in [1.807, 2.05) is 30.0 Å². The maximum absolute atomic E-state index is 4.60. The molecule has 0 aliphatic carbocycles. The van der Waals surface area contributed by atoms with Crippen molar-refractivity contribution in [2.75, 3.05) is 13.1 Å². The molecular formula is C17H27IN6. The molecule has 0 saturated carbocycles. The predicted octanol–water partition coefficient (Wildman–Crippen LogP) is 3.05. The molecule has 2 rings (SSSR count). The third-order valence-corrected chi connectivity index (χ3v) is 3.47. The number of nitrogens with one attached hydrogen (secondary N) is 2. The number of aryl methyl sites for hydroxylation is 1. The van der Waals surface area contributed by atoms with Crippen molar-refractivity contribution in [3.05, 3.63) is 42.1 Å². The lowest BCUT2D eigenvalue weighted by molar-refractivity contribution is 0.730. The van der Waals surface area contributed by atoms with Crippen LogP contribution in [0.15, 0.2) is 35.7 Å². The molecule has 0 unspecified atom stereocenters. The van der Waals surface area contributed by atoms with E-state index in [-0.39, 0.29) is 24.0 Å². The van der Waals surface area contributed by atoms with Gasteiger partial charge in [-0.3, -0.25) is 4.57 Å². The molecule has 2 heterocycles. The number of rotatable bonds is 7. The first-order chi connectivity index (χ1) is 11.2. The number of pyridine rings is 1. The highest BCUT2D eigenvalue weighted by atomic mass is 127. The van der Waals surface area contributed by atoms with E-state index < -0.39 is 0 Å². The van der Waals surface area contributed by atoms with E-state index >= 15 is 0 Å². The van der Waals surface area contributed by atoms with Crippen LogP contribution in [0, 0.1) is 6.92 Å². The predicted molar refractivity (Wildman–Crippen MR) is 109 cm³/mol. The van der Waals surface area contributed by atoms with Crippen LogP contribution in [0.2, 0.25) is 0 Å². The Balaban J connectivity index is 0.00000288. The number of halogens is 1. The second-order valence-corrected chi connectivity index (χ2v) is 5.34. The fraction of sp³-hybridized carbons (Fsp3) is 0.471. The van der Waals surface area contributed by atoms with Gasteiger partial charge in [0.2, 0.25) is 0 Å². The van der Waals surface area contributed by atoms with Crippen molar-refractivity contribution in [2.24, 2.45) is 4.99 Å². The molecule has 0 aliphatic heterocycles. The van der Waals surface area contributed by atoms with Gasteiger partial charge in [-0.05, 0) is 31.9 Å². The highest BCUT2D eigenvalue weighted by molar-refractivity contribution is 14.0. The first kappa shape index (κ1) is 20.4. The fourth-order valence-electron chi connectivity index (χ4n) is 2.17. The summed E-state index contributed by atoms with van der Waals surface area (Å²) in [5.74, 6) is 2.66. The van der Waals surface area contributed by atoms with Crippen LogP contribution in [0.3, 0.4) is 0 Å². The van der Waals surface area contributed by atoms with Crippen LogP contribution in [0.4, 0.5) is 0 Å². The third-order valence-electron chi connectivity index (χ3n) is 3.47. The molecule has 2 aromatic rings. The van der Waals surface area contributed by atoms with Crippen molar-refractivity contribution >= 4 is 29.9 Å². The summed E-state index contributed by atoms with van der Waals surface area (Å²) >= 11 is 0. The molecule has 0 saturated heterocycles. The Morgan fingerprint density at radius 1 is 1.21 bits per heavy atom. The lowest BCUT2D eigenvalue weighted by Crippen LogP contribution is -2.37. The number of nitrogens with zero attached hydrogens (tertiary/aromatic N) is 4. The van der Waals surface area contributed by atoms with E-state index in [0.717, 1.165) is 42.7 Å². The molecule has 2 N–H and O–H groups in total. The van der Waals surface area contributed by atoms with Gasteiger partial charge in [-0.15, -0.1) is 24.0 Å². The van der Waals surface area contributed by atoms with Gasteiger partial charge < -0.3 is 10.6 Å². The molecule has 0 aromatic carbocycles. The number of hydrogen-bond acceptors (Lipinski definition) is 3. The molecule has 0 atom stereocenters. The molecule has 132 valence electrons. The van der Waals surface area contributed by atoms with E-state index in [9.17, 15) is 0 Å². The molecule has 0 fully saturated rings. The second kappa shape index (κ2) is 11.0. The number of unbranched alkanes of at least 4 members (excludes halogenated alkanes) is 1. The normalized spacial score (nSPS) is 11.0. The van der Waals surface area contributed by atoms with Gasteiger partial charge in [0, 0.05) is 31.7 Å². The van der Waals surface area contributed by atoms with Crippen LogP contribution >= 0.6 is 24.0 Å². The molecule has 0 spiro atoms. The molecule has 24 heavy (non-hydrogen) atoms. The van der Waals surface area contributed by atoms with Gasteiger partial charge in [0.05, 0.1) is 6.54 Å². The van der Waals surface area contributed by atoms with E-state index in [2.05, 4.69) is 45.5 Å². The van der Waals surface area contributed by atoms with E-state index in [1.54, 1.807) is 6.20 Å². The summed E-state index contributed by atoms with van der Waals surface area (Å²) in [5.41, 5.74) is 1.08. The number of guanidine groups is 1. The summed E-state index contributed by atoms with van der Waals surface area (Å²) in [5, 5.41) is 6.60. The Bertz CT molecular complexity index is 620. The van der Waals surface area contributed by atoms with Crippen LogP contribution in [0.25, 0.3) is 5.82 Å². The van der Waals surface area contributed by atoms with Crippen molar-refractivity contribution in [2.45, 2.75) is 40.2 Å². The zero-order valence-corrected chi connectivity index (χ0v) is 16.9. The van der Waals surface area contributed by atoms with Gasteiger partial charge in [-0.25, -0.2) is 15.0 Å². The van der Waals surface area contributed by atoms with Crippen LogP contribution in [0.1, 0.15) is 38.1 Å². The fourth-order valence-corrected chi connectivity index (χ4v) is 2.17. The zero-order chi connectivity index (χ0) is 16.5. The Morgan fingerprint density at radius 2 is 2.04 bits per heavy atom. The molecule has 7 heteroatoms. The number of aromatic nitrogens is 3. The molecule has 6 nitrogen and oxygen atoms in total. The van der Waals surface area contributed by atoms with Crippen molar-refractivity contribution in [1.82, 2.24) is 25.2 Å². The van der Waals surface area contributed by atoms with Crippen molar-refractivity contribution in [1.29, 1.82) is 0 Å². The average Bonchev–Trinajstić information content (AvgIpc) is 2.99. The summed E-state index contributed by atoms with van der Waals surface area (Å²) < 4.78 is 1.96. The Morgan fingerprint density at radius 3 is 2.62 bits per heavy atom. The number of hydrogen-bond donors (Lipinski definition) is 2. The Labute approximate surface area is 161 Å². The highest BCUT2D eigenvalue weighted by Gasteiger charge is 2.02. The Hall–Kier alpha value is -1.64. The van der Waals surface area contributed by atoms with E-state index in [0.29, 0.717) is 6.54 Å². The van der Waals surface area contributed by atoms with Crippen LogP contribution in [0.5, 0.6) is 0 Å². The molecule has 0 amide bonds. The van der Waals surface area contributed by atoms with Gasteiger partial charge in [-0.1, -0.05) is 19.4 Å². The average molecular weight is 442 g/mol. The van der Waals surface area contributed by atoms with Gasteiger partial charge >= 0.3 is 0 Å². The molecular weight excluding hydrogens is 415 g/mol. The number of imidazole rings is 1. The smallest absolute Gasteiger partial charge is 0.191 e. The second-order valence-electron chi connectivity index (χ2n) is 5.34. The topological polar surface area (TPSA) is 67.1 Å².